The number of benzene rings is 3. The molecular weight excluding hydrogens is 1460 g/mol. The summed E-state index contributed by atoms with van der Waals surface area (Å²) in [5.74, 6) is 2.35. The molecule has 0 radical (unpaired) electrons. The number of fused-ring (bicyclic) bond motifs is 3. The zero-order valence-electron chi connectivity index (χ0n) is 63.2. The van der Waals surface area contributed by atoms with E-state index in [-0.39, 0.29) is 0 Å². The van der Waals surface area contributed by atoms with Gasteiger partial charge >= 0.3 is 23.9 Å². The Labute approximate surface area is 651 Å². The molecule has 3 saturated carbocycles. The summed E-state index contributed by atoms with van der Waals surface area (Å²) >= 11 is 15.6. The Morgan fingerprint density at radius 3 is 1.00 bits per heavy atom. The Morgan fingerprint density at radius 2 is 0.741 bits per heavy atom. The molecule has 5 aromatic heterocycles. The molecule has 14 rings (SSSR count). The van der Waals surface area contributed by atoms with E-state index in [0.29, 0.717) is 24.3 Å². The molecule has 0 amide bonds. The average Bonchev–Trinajstić information content (AvgIpc) is 1.74. The molecule has 6 aliphatic rings. The number of nitrogens with one attached hydrogen (secondary N) is 1. The topological polar surface area (TPSA) is 283 Å². The Balaban J connectivity index is 0.000000157. The maximum atomic E-state index is 9.55. The number of aliphatic carboxylic acids is 4. The van der Waals surface area contributed by atoms with Gasteiger partial charge in [-0.3, -0.25) is 9.80 Å². The zero-order chi connectivity index (χ0) is 76.6. The molecule has 3 saturated heterocycles. The van der Waals surface area contributed by atoms with E-state index in [1.807, 2.05) is 12.1 Å². The first-order chi connectivity index (χ1) is 52.0. The molecule has 6 fully saturated rings. The maximum absolute atomic E-state index is 9.55. The van der Waals surface area contributed by atoms with Crippen molar-refractivity contribution in [3.8, 4) is 17.2 Å². The molecule has 108 heavy (non-hydrogen) atoms. The molecular formula is C81H107Cl2N9O14S2. The lowest BCUT2D eigenvalue weighted by molar-refractivity contribution is -0.134. The number of rotatable bonds is 32. The van der Waals surface area contributed by atoms with Crippen LogP contribution < -0.4 is 19.5 Å². The number of aromatic nitrogens is 3. The van der Waals surface area contributed by atoms with Crippen LogP contribution in [0.3, 0.4) is 0 Å². The molecule has 27 heteroatoms. The molecule has 3 aliphatic carbocycles. The molecule has 0 bridgehead atoms. The van der Waals surface area contributed by atoms with Gasteiger partial charge in [0.2, 0.25) is 0 Å². The van der Waals surface area contributed by atoms with Crippen molar-refractivity contribution in [1.29, 1.82) is 0 Å². The number of carboxylic acid groups (broad SMARTS) is 4. The quantitative estimate of drug-likeness (QED) is 0.0245. The number of aryl methyl sites for hydroxylation is 3. The molecule has 0 unspecified atom stereocenters. The Hall–Kier alpha value is -7.43. The molecule has 23 nitrogen and oxygen atoms in total. The van der Waals surface area contributed by atoms with Crippen LogP contribution in [-0.4, -0.2) is 186 Å². The predicted octanol–water partition coefficient (Wildman–Crippen LogP) is 15.5. The normalized spacial score (nSPS) is 16.9. The number of halogens is 2. The number of ether oxygens (including phenoxy) is 3. The van der Waals surface area contributed by atoms with Crippen LogP contribution >= 0.6 is 45.9 Å². The van der Waals surface area contributed by atoms with Crippen LogP contribution in [0.4, 0.5) is 0 Å². The fourth-order valence-corrected chi connectivity index (χ4v) is 16.0. The third kappa shape index (κ3) is 27.2. The van der Waals surface area contributed by atoms with E-state index in [4.69, 9.17) is 71.4 Å². The number of hydrogen-bond donors (Lipinski definition) is 5. The standard InChI is InChI=1S/2C26H34ClN3O2S.C21H31N3O2.2C4H4O4/c2*1-29(2)16-22-24(31-17-19-3-4-19)9-7-21-23(28-32-26(21)22)8-5-18-11-13-30(14-12-18)15-20-6-10-25(27)33-20;1-24(2)13-18-20(25-14-16-3-4-16)8-6-17-19(23-26-21(17)18)7-5-15-9-11-22-12-10-15;2*5-3(6)1-2-4(7)8/h2*6-7,9-10,18-19H,3-5,8,11-17H2,1-2H3;6,8,15-16,22H,3-5,7,9-14H2,1-2H3;2*1-2H,(H,5,6)(H,7,8)/b;;;2*2-1+. The minimum absolute atomic E-state index is 0.558. The molecule has 3 aromatic carbocycles. The minimum Gasteiger partial charge on any atom is -0.493 e. The smallest absolute Gasteiger partial charge is 0.328 e. The van der Waals surface area contributed by atoms with Crippen molar-refractivity contribution in [1.82, 2.24) is 45.3 Å². The maximum Gasteiger partial charge on any atom is 0.328 e. The van der Waals surface area contributed by atoms with Crippen molar-refractivity contribution in [3.05, 3.63) is 137 Å². The Bertz CT molecular complexity index is 4010. The highest BCUT2D eigenvalue weighted by atomic mass is 35.5. The number of thiophene rings is 2. The van der Waals surface area contributed by atoms with Gasteiger partial charge in [0, 0.05) is 82.9 Å². The highest BCUT2D eigenvalue weighted by Gasteiger charge is 2.29. The van der Waals surface area contributed by atoms with Crippen LogP contribution in [-0.2, 0) is 71.2 Å². The summed E-state index contributed by atoms with van der Waals surface area (Å²) in [6.07, 6.45) is 24.0. The summed E-state index contributed by atoms with van der Waals surface area (Å²) < 4.78 is 37.8. The van der Waals surface area contributed by atoms with Crippen molar-refractivity contribution >= 4 is 103 Å². The number of nitrogens with zero attached hydrogens (tertiary/aromatic N) is 8. The van der Waals surface area contributed by atoms with Gasteiger partial charge in [-0.2, -0.15) is 0 Å². The zero-order valence-corrected chi connectivity index (χ0v) is 66.3. The van der Waals surface area contributed by atoms with E-state index >= 15 is 0 Å². The van der Waals surface area contributed by atoms with E-state index in [0.717, 1.165) is 239 Å². The number of piperidine rings is 3. The van der Waals surface area contributed by atoms with Gasteiger partial charge in [0.15, 0.2) is 16.7 Å². The third-order valence-corrected chi connectivity index (χ3v) is 22.7. The Kier molecular flexibility index (Phi) is 32.0. The molecule has 8 aromatic rings. The van der Waals surface area contributed by atoms with Crippen LogP contribution in [0.2, 0.25) is 8.67 Å². The van der Waals surface area contributed by atoms with Crippen LogP contribution in [0.15, 0.2) is 98.5 Å². The fourth-order valence-electron chi connectivity index (χ4n) is 13.8. The summed E-state index contributed by atoms with van der Waals surface area (Å²) in [4.78, 5) is 52.5. The van der Waals surface area contributed by atoms with E-state index in [2.05, 4.69) is 136 Å². The van der Waals surface area contributed by atoms with Gasteiger partial charge in [-0.25, -0.2) is 19.2 Å². The number of carbonyl (C=O) groups is 4. The summed E-state index contributed by atoms with van der Waals surface area (Å²) in [5.41, 5.74) is 9.38. The second kappa shape index (κ2) is 41.6. The van der Waals surface area contributed by atoms with E-state index < -0.39 is 23.9 Å². The predicted molar refractivity (Wildman–Crippen MR) is 423 cm³/mol. The lowest BCUT2D eigenvalue weighted by Gasteiger charge is -2.31. The van der Waals surface area contributed by atoms with Crippen LogP contribution in [0.1, 0.15) is 140 Å². The van der Waals surface area contributed by atoms with Gasteiger partial charge < -0.3 is 68.2 Å². The summed E-state index contributed by atoms with van der Waals surface area (Å²) in [5, 5.41) is 51.6. The van der Waals surface area contributed by atoms with Crippen molar-refractivity contribution in [3.63, 3.8) is 0 Å². The monoisotopic (exact) mass is 1560 g/mol. The second-order valence-electron chi connectivity index (χ2n) is 30.3. The first kappa shape index (κ1) is 83.1. The van der Waals surface area contributed by atoms with E-state index in [1.165, 1.54) is 106 Å². The molecule has 0 spiro atoms. The van der Waals surface area contributed by atoms with Gasteiger partial charge in [0.1, 0.15) is 17.2 Å². The van der Waals surface area contributed by atoms with Gasteiger partial charge in [0.25, 0.3) is 0 Å². The van der Waals surface area contributed by atoms with Crippen molar-refractivity contribution in [2.24, 2.45) is 35.5 Å². The minimum atomic E-state index is -1.26. The van der Waals surface area contributed by atoms with E-state index in [1.54, 1.807) is 22.7 Å². The first-order valence-corrected chi connectivity index (χ1v) is 40.4. The first-order valence-electron chi connectivity index (χ1n) is 38.0. The van der Waals surface area contributed by atoms with E-state index in [9.17, 15) is 19.2 Å². The third-order valence-electron chi connectivity index (χ3n) is 20.3. The highest BCUT2D eigenvalue weighted by Crippen LogP contribution is 2.40. The number of hydrogen-bond acceptors (Lipinski definition) is 21. The Morgan fingerprint density at radius 1 is 0.444 bits per heavy atom. The van der Waals surface area contributed by atoms with Gasteiger partial charge in [-0.15, -0.1) is 22.7 Å². The molecule has 3 aliphatic heterocycles. The van der Waals surface area contributed by atoms with Crippen LogP contribution in [0.25, 0.3) is 32.9 Å². The van der Waals surface area contributed by atoms with Crippen molar-refractivity contribution in [2.75, 3.05) is 101 Å². The lowest BCUT2D eigenvalue weighted by Crippen LogP contribution is -2.33. The SMILES string of the molecule is CN(C)Cc1c(OCC2CC2)ccc2c(CCC3CCN(Cc4ccc(Cl)s4)CC3)noc12.CN(C)Cc1c(OCC2CC2)ccc2c(CCC3CCN(Cc4ccc(Cl)s4)CC3)noc12.CN(C)Cc1c(OCC2CC2)ccc2c(CCC3CCNCC3)noc12.O=C(O)/C=C/C(=O)O.O=C(O)/C=C/C(=O)O. The number of likely N-dealkylation sites (tertiary alicyclic amines) is 2. The van der Waals surface area contributed by atoms with Gasteiger partial charge in [-0.1, -0.05) is 38.7 Å². The number of carboxylic acids is 4. The van der Waals surface area contributed by atoms with Crippen molar-refractivity contribution in [2.45, 2.75) is 148 Å². The molecule has 586 valence electrons. The second-order valence-corrected chi connectivity index (χ2v) is 33.9. The van der Waals surface area contributed by atoms with Gasteiger partial charge in [-0.05, 0) is 293 Å². The fraction of sp³-hybridized carbons (Fsp3) is 0.543. The van der Waals surface area contributed by atoms with Crippen LogP contribution in [0.5, 0.6) is 17.2 Å². The highest BCUT2D eigenvalue weighted by molar-refractivity contribution is 7.16. The largest absolute Gasteiger partial charge is 0.493 e. The molecule has 0 atom stereocenters. The summed E-state index contributed by atoms with van der Waals surface area (Å²) in [6.45, 7) is 13.8. The van der Waals surface area contributed by atoms with Crippen molar-refractivity contribution < 1.29 is 67.4 Å². The van der Waals surface area contributed by atoms with Crippen LogP contribution in [0, 0.1) is 35.5 Å². The lowest BCUT2D eigenvalue weighted by atomic mass is 9.91. The average molecular weight is 1570 g/mol. The summed E-state index contributed by atoms with van der Waals surface area (Å²) in [6, 6.07) is 21.1. The molecule has 5 N–H and O–H groups in total. The van der Waals surface area contributed by atoms with Gasteiger partial charge in [0.05, 0.1) is 62.3 Å². The molecule has 8 heterocycles. The summed E-state index contributed by atoms with van der Waals surface area (Å²) in [7, 11) is 12.5.